The molecule has 0 bridgehead atoms. The van der Waals surface area contributed by atoms with Crippen molar-refractivity contribution in [3.05, 3.63) is 29.8 Å². The number of carbonyl (C=O) groups is 1. The Morgan fingerprint density at radius 1 is 1.04 bits per heavy atom. The van der Waals surface area contributed by atoms with E-state index in [4.69, 9.17) is 9.47 Å². The fraction of sp³-hybridized carbons (Fsp3) is 0.625. The zero-order valence-electron chi connectivity index (χ0n) is 18.7. The van der Waals surface area contributed by atoms with E-state index in [0.717, 1.165) is 30.8 Å². The van der Waals surface area contributed by atoms with Gasteiger partial charge in [0.25, 0.3) is 0 Å². The van der Waals surface area contributed by atoms with E-state index in [0.29, 0.717) is 24.2 Å². The highest BCUT2D eigenvalue weighted by Gasteiger charge is 2.14. The summed E-state index contributed by atoms with van der Waals surface area (Å²) in [7, 11) is 1.64. The molecule has 1 aromatic carbocycles. The van der Waals surface area contributed by atoms with Crippen molar-refractivity contribution in [2.24, 2.45) is 11.8 Å². The van der Waals surface area contributed by atoms with Crippen LogP contribution >= 0.6 is 0 Å². The van der Waals surface area contributed by atoms with Gasteiger partial charge < -0.3 is 14.4 Å². The maximum Gasteiger partial charge on any atom is 0.246 e. The molecule has 1 amide bonds. The van der Waals surface area contributed by atoms with Crippen molar-refractivity contribution in [1.82, 2.24) is 4.90 Å². The van der Waals surface area contributed by atoms with Crippen LogP contribution in [0.5, 0.6) is 11.5 Å². The molecule has 0 radical (unpaired) electrons. The highest BCUT2D eigenvalue weighted by Crippen LogP contribution is 2.29. The highest BCUT2D eigenvalue weighted by atomic mass is 16.5. The lowest BCUT2D eigenvalue weighted by atomic mass is 10.1. The van der Waals surface area contributed by atoms with Crippen molar-refractivity contribution in [3.63, 3.8) is 0 Å². The third kappa shape index (κ3) is 9.29. The van der Waals surface area contributed by atoms with Gasteiger partial charge in [-0.25, -0.2) is 0 Å². The van der Waals surface area contributed by atoms with Gasteiger partial charge in [-0.05, 0) is 42.0 Å². The smallest absolute Gasteiger partial charge is 0.246 e. The monoisotopic (exact) mass is 389 g/mol. The summed E-state index contributed by atoms with van der Waals surface area (Å²) >= 11 is 0. The summed E-state index contributed by atoms with van der Waals surface area (Å²) in [6.07, 6.45) is 8.20. The van der Waals surface area contributed by atoms with Crippen LogP contribution in [0.1, 0.15) is 65.9 Å². The number of nitrogens with zero attached hydrogens (tertiary/aromatic N) is 1. The van der Waals surface area contributed by atoms with Crippen molar-refractivity contribution in [1.29, 1.82) is 0 Å². The second kappa shape index (κ2) is 13.2. The average molecular weight is 390 g/mol. The molecule has 0 atom stereocenters. The van der Waals surface area contributed by atoms with Crippen molar-refractivity contribution in [2.45, 2.75) is 60.3 Å². The summed E-state index contributed by atoms with van der Waals surface area (Å²) in [6, 6.07) is 5.80. The van der Waals surface area contributed by atoms with Crippen LogP contribution in [0, 0.1) is 11.8 Å². The molecule has 0 unspecified atom stereocenters. The van der Waals surface area contributed by atoms with Gasteiger partial charge in [-0.15, -0.1) is 0 Å². The molecule has 4 nitrogen and oxygen atoms in total. The molecule has 0 fully saturated rings. The Bertz CT molecular complexity index is 598. The molecular weight excluding hydrogens is 350 g/mol. The van der Waals surface area contributed by atoms with Gasteiger partial charge in [-0.3, -0.25) is 4.79 Å². The molecule has 0 saturated heterocycles. The highest BCUT2D eigenvalue weighted by molar-refractivity contribution is 5.91. The predicted octanol–water partition coefficient (Wildman–Crippen LogP) is 5.81. The van der Waals surface area contributed by atoms with E-state index in [1.807, 2.05) is 29.2 Å². The number of unbranched alkanes of at least 4 members (excludes halogenated alkanes) is 3. The number of carbonyl (C=O) groups excluding carboxylic acids is 1. The summed E-state index contributed by atoms with van der Waals surface area (Å²) < 4.78 is 11.3. The average Bonchev–Trinajstić information content (AvgIpc) is 2.65. The summed E-state index contributed by atoms with van der Waals surface area (Å²) in [5, 5.41) is 0. The second-order valence-corrected chi connectivity index (χ2v) is 8.18. The maximum absolute atomic E-state index is 12.6. The van der Waals surface area contributed by atoms with Crippen LogP contribution in [0.2, 0.25) is 0 Å². The first-order valence-corrected chi connectivity index (χ1v) is 10.6. The van der Waals surface area contributed by atoms with E-state index in [9.17, 15) is 4.79 Å². The lowest BCUT2D eigenvalue weighted by molar-refractivity contribution is -0.127. The molecular formula is C24H39NO3. The zero-order valence-corrected chi connectivity index (χ0v) is 18.7. The molecule has 1 aromatic rings. The first-order valence-electron chi connectivity index (χ1n) is 10.6. The first kappa shape index (κ1) is 24.1. The SMILES string of the molecule is CCCCCCOc1ccc(/C=C/C(=O)N(CC(C)C)CC(C)C)cc1OC. The fourth-order valence-corrected chi connectivity index (χ4v) is 3.03. The number of hydrogen-bond acceptors (Lipinski definition) is 3. The van der Waals surface area contributed by atoms with E-state index in [-0.39, 0.29) is 5.91 Å². The third-order valence-corrected chi connectivity index (χ3v) is 4.34. The first-order chi connectivity index (χ1) is 13.4. The Morgan fingerprint density at radius 3 is 2.29 bits per heavy atom. The molecule has 0 aliphatic rings. The number of hydrogen-bond donors (Lipinski definition) is 0. The van der Waals surface area contributed by atoms with Gasteiger partial charge >= 0.3 is 0 Å². The Labute approximate surface area is 171 Å². The third-order valence-electron chi connectivity index (χ3n) is 4.34. The Morgan fingerprint density at radius 2 is 1.71 bits per heavy atom. The number of benzene rings is 1. The van der Waals surface area contributed by atoms with E-state index in [2.05, 4.69) is 34.6 Å². The van der Waals surface area contributed by atoms with Crippen LogP contribution in [0.3, 0.4) is 0 Å². The molecule has 0 heterocycles. The van der Waals surface area contributed by atoms with Crippen LogP contribution in [-0.2, 0) is 4.79 Å². The van der Waals surface area contributed by atoms with Gasteiger partial charge in [0, 0.05) is 19.2 Å². The van der Waals surface area contributed by atoms with Crippen molar-refractivity contribution >= 4 is 12.0 Å². The van der Waals surface area contributed by atoms with Crippen LogP contribution in [0.15, 0.2) is 24.3 Å². The van der Waals surface area contributed by atoms with E-state index in [1.165, 1.54) is 19.3 Å². The van der Waals surface area contributed by atoms with E-state index in [1.54, 1.807) is 13.2 Å². The molecule has 28 heavy (non-hydrogen) atoms. The Kier molecular flexibility index (Phi) is 11.4. The quantitative estimate of drug-likeness (QED) is 0.316. The summed E-state index contributed by atoms with van der Waals surface area (Å²) in [6.45, 7) is 13.0. The van der Waals surface area contributed by atoms with Gasteiger partial charge in [-0.2, -0.15) is 0 Å². The zero-order chi connectivity index (χ0) is 20.9. The minimum absolute atomic E-state index is 0.0533. The van der Waals surface area contributed by atoms with Crippen LogP contribution in [0.4, 0.5) is 0 Å². The van der Waals surface area contributed by atoms with E-state index >= 15 is 0 Å². The molecule has 0 saturated carbocycles. The Balaban J connectivity index is 2.74. The minimum Gasteiger partial charge on any atom is -0.493 e. The maximum atomic E-state index is 12.6. The summed E-state index contributed by atoms with van der Waals surface area (Å²) in [4.78, 5) is 14.5. The van der Waals surface area contributed by atoms with E-state index < -0.39 is 0 Å². The van der Waals surface area contributed by atoms with Crippen molar-refractivity contribution in [2.75, 3.05) is 26.8 Å². The number of methoxy groups -OCH3 is 1. The van der Waals surface area contributed by atoms with Crippen molar-refractivity contribution in [3.8, 4) is 11.5 Å². The molecule has 158 valence electrons. The number of rotatable bonds is 13. The molecule has 1 rings (SSSR count). The minimum atomic E-state index is 0.0533. The van der Waals surface area contributed by atoms with Gasteiger partial charge in [0.2, 0.25) is 5.91 Å². The van der Waals surface area contributed by atoms with Crippen LogP contribution in [-0.4, -0.2) is 37.6 Å². The lowest BCUT2D eigenvalue weighted by Gasteiger charge is -2.25. The van der Waals surface area contributed by atoms with Crippen LogP contribution in [0.25, 0.3) is 6.08 Å². The lowest BCUT2D eigenvalue weighted by Crippen LogP contribution is -2.35. The second-order valence-electron chi connectivity index (χ2n) is 8.18. The van der Waals surface area contributed by atoms with Crippen LogP contribution < -0.4 is 9.47 Å². The van der Waals surface area contributed by atoms with Gasteiger partial charge in [0.1, 0.15) is 0 Å². The number of amides is 1. The standard InChI is InChI=1S/C24H39NO3/c1-7-8-9-10-15-28-22-13-11-21(16-23(22)27-6)12-14-24(26)25(17-19(2)3)18-20(4)5/h11-14,16,19-20H,7-10,15,17-18H2,1-6H3/b14-12+. The fourth-order valence-electron chi connectivity index (χ4n) is 3.03. The molecule has 0 spiro atoms. The molecule has 0 N–H and O–H groups in total. The summed E-state index contributed by atoms with van der Waals surface area (Å²) in [5.74, 6) is 2.41. The van der Waals surface area contributed by atoms with Gasteiger partial charge in [0.15, 0.2) is 11.5 Å². The van der Waals surface area contributed by atoms with Gasteiger partial charge in [-0.1, -0.05) is 59.9 Å². The normalized spacial score (nSPS) is 11.4. The summed E-state index contributed by atoms with van der Waals surface area (Å²) in [5.41, 5.74) is 0.928. The van der Waals surface area contributed by atoms with Crippen molar-refractivity contribution < 1.29 is 14.3 Å². The molecule has 4 heteroatoms. The Hall–Kier alpha value is -1.97. The predicted molar refractivity (Wildman–Crippen MR) is 118 cm³/mol. The molecule has 0 aliphatic carbocycles. The van der Waals surface area contributed by atoms with Gasteiger partial charge in [0.05, 0.1) is 13.7 Å². The largest absolute Gasteiger partial charge is 0.493 e. The number of ether oxygens (including phenoxy) is 2. The molecule has 0 aliphatic heterocycles. The topological polar surface area (TPSA) is 38.8 Å². The molecule has 0 aromatic heterocycles.